The number of hydrogen-bond donors (Lipinski definition) is 2. The first-order chi connectivity index (χ1) is 8.53. The molecule has 2 heteroatoms. The van der Waals surface area contributed by atoms with Crippen LogP contribution in [0.2, 0.25) is 0 Å². The predicted molar refractivity (Wildman–Crippen MR) is 83.6 cm³/mol. The molecule has 0 aliphatic heterocycles. The summed E-state index contributed by atoms with van der Waals surface area (Å²) in [6.45, 7) is 7.60. The lowest BCUT2D eigenvalue weighted by Gasteiger charge is -2.26. The fourth-order valence-corrected chi connectivity index (χ4v) is 2.37. The summed E-state index contributed by atoms with van der Waals surface area (Å²) in [5, 5.41) is 5.94. The van der Waals surface area contributed by atoms with Crippen molar-refractivity contribution in [3.8, 4) is 0 Å². The van der Waals surface area contributed by atoms with Gasteiger partial charge in [-0.05, 0) is 23.3 Å². The van der Waals surface area contributed by atoms with E-state index < -0.39 is 0 Å². The third-order valence-electron chi connectivity index (χ3n) is 3.46. The van der Waals surface area contributed by atoms with Crippen molar-refractivity contribution in [1.29, 1.82) is 0 Å². The average molecular weight is 259 g/mol. The molecule has 18 heavy (non-hydrogen) atoms. The van der Waals surface area contributed by atoms with Crippen molar-refractivity contribution in [3.05, 3.63) is 47.5 Å². The van der Waals surface area contributed by atoms with Gasteiger partial charge in [0.05, 0.1) is 0 Å². The molecule has 2 aromatic carbocycles. The molecule has 0 amide bonds. The highest BCUT2D eigenvalue weighted by atomic mass is 32.1. The molecule has 2 rings (SSSR count). The van der Waals surface area contributed by atoms with Crippen LogP contribution in [0, 0.1) is 6.92 Å². The second-order valence-electron chi connectivity index (χ2n) is 5.53. The number of fused-ring (bicyclic) bond motifs is 1. The van der Waals surface area contributed by atoms with E-state index in [1.165, 1.54) is 21.9 Å². The van der Waals surface area contributed by atoms with Gasteiger partial charge in [0, 0.05) is 17.8 Å². The molecule has 1 N–H and O–H groups in total. The molecule has 0 saturated heterocycles. The Morgan fingerprint density at radius 1 is 1.06 bits per heavy atom. The standard InChI is InChI=1S/C16H21NS/c1-12-4-5-14-9-15(7-6-13(14)8-12)16(2,3)10-17-11-18/h4-9,17-18H,10-11H2,1-3H3. The second kappa shape index (κ2) is 5.33. The molecule has 0 atom stereocenters. The van der Waals surface area contributed by atoms with E-state index >= 15 is 0 Å². The maximum atomic E-state index is 4.20. The van der Waals surface area contributed by atoms with Gasteiger partial charge in [0.15, 0.2) is 0 Å². The van der Waals surface area contributed by atoms with Crippen molar-refractivity contribution in [1.82, 2.24) is 5.32 Å². The summed E-state index contributed by atoms with van der Waals surface area (Å²) >= 11 is 4.20. The summed E-state index contributed by atoms with van der Waals surface area (Å²) in [4.78, 5) is 0. The van der Waals surface area contributed by atoms with E-state index in [2.05, 4.69) is 75.1 Å². The van der Waals surface area contributed by atoms with Gasteiger partial charge < -0.3 is 5.32 Å². The Labute approximate surface area is 115 Å². The third kappa shape index (κ3) is 2.88. The Hall–Kier alpha value is -0.990. The summed E-state index contributed by atoms with van der Waals surface area (Å²) in [6, 6.07) is 13.4. The number of nitrogens with one attached hydrogen (secondary N) is 1. The van der Waals surface area contributed by atoms with Crippen molar-refractivity contribution < 1.29 is 0 Å². The van der Waals surface area contributed by atoms with E-state index in [9.17, 15) is 0 Å². The predicted octanol–water partition coefficient (Wildman–Crippen LogP) is 3.90. The number of aryl methyl sites for hydroxylation is 1. The van der Waals surface area contributed by atoms with Gasteiger partial charge in [0.1, 0.15) is 0 Å². The molecule has 0 spiro atoms. The number of hydrogen-bond acceptors (Lipinski definition) is 2. The van der Waals surface area contributed by atoms with Gasteiger partial charge in [-0.3, -0.25) is 0 Å². The molecule has 0 radical (unpaired) electrons. The molecule has 1 nitrogen and oxygen atoms in total. The molecule has 96 valence electrons. The summed E-state index contributed by atoms with van der Waals surface area (Å²) in [6.07, 6.45) is 0. The van der Waals surface area contributed by atoms with E-state index in [1.807, 2.05) is 0 Å². The van der Waals surface area contributed by atoms with Crippen LogP contribution >= 0.6 is 12.6 Å². The molecular weight excluding hydrogens is 238 g/mol. The number of thiol groups is 1. The van der Waals surface area contributed by atoms with E-state index in [0.717, 1.165) is 12.4 Å². The van der Waals surface area contributed by atoms with E-state index in [0.29, 0.717) is 0 Å². The highest BCUT2D eigenvalue weighted by molar-refractivity contribution is 7.80. The van der Waals surface area contributed by atoms with Crippen molar-refractivity contribution in [2.24, 2.45) is 0 Å². The van der Waals surface area contributed by atoms with Crippen LogP contribution in [-0.2, 0) is 5.41 Å². The van der Waals surface area contributed by atoms with Gasteiger partial charge in [-0.25, -0.2) is 0 Å². The van der Waals surface area contributed by atoms with Crippen molar-refractivity contribution in [2.75, 3.05) is 12.4 Å². The Bertz CT molecular complexity index is 546. The Morgan fingerprint density at radius 2 is 1.72 bits per heavy atom. The summed E-state index contributed by atoms with van der Waals surface area (Å²) in [7, 11) is 0. The molecule has 0 aliphatic rings. The highest BCUT2D eigenvalue weighted by Gasteiger charge is 2.19. The fourth-order valence-electron chi connectivity index (χ4n) is 2.26. The zero-order chi connectivity index (χ0) is 13.2. The first-order valence-corrected chi connectivity index (χ1v) is 6.99. The first-order valence-electron chi connectivity index (χ1n) is 6.35. The van der Waals surface area contributed by atoms with Gasteiger partial charge in [-0.1, -0.05) is 55.8 Å². The zero-order valence-electron chi connectivity index (χ0n) is 11.3. The van der Waals surface area contributed by atoms with Gasteiger partial charge in [0.25, 0.3) is 0 Å². The highest BCUT2D eigenvalue weighted by Crippen LogP contribution is 2.26. The van der Waals surface area contributed by atoms with Crippen LogP contribution in [0.5, 0.6) is 0 Å². The van der Waals surface area contributed by atoms with Gasteiger partial charge >= 0.3 is 0 Å². The molecule has 0 bridgehead atoms. The number of benzene rings is 2. The molecular formula is C16H21NS. The van der Waals surface area contributed by atoms with Crippen LogP contribution in [0.4, 0.5) is 0 Å². The molecule has 0 heterocycles. The topological polar surface area (TPSA) is 12.0 Å². The second-order valence-corrected chi connectivity index (χ2v) is 5.85. The lowest BCUT2D eigenvalue weighted by Crippen LogP contribution is -2.32. The molecule has 0 fully saturated rings. The van der Waals surface area contributed by atoms with Gasteiger partial charge in [-0.2, -0.15) is 12.6 Å². The van der Waals surface area contributed by atoms with Crippen molar-refractivity contribution in [2.45, 2.75) is 26.2 Å². The summed E-state index contributed by atoms with van der Waals surface area (Å²) < 4.78 is 0. The number of rotatable bonds is 4. The summed E-state index contributed by atoms with van der Waals surface area (Å²) in [5.74, 6) is 0.718. The first kappa shape index (κ1) is 13.4. The Kier molecular flexibility index (Phi) is 3.98. The quantitative estimate of drug-likeness (QED) is 0.627. The van der Waals surface area contributed by atoms with E-state index in [1.54, 1.807) is 0 Å². The van der Waals surface area contributed by atoms with Crippen LogP contribution < -0.4 is 5.32 Å². The van der Waals surface area contributed by atoms with Gasteiger partial charge in [0.2, 0.25) is 0 Å². The van der Waals surface area contributed by atoms with Crippen molar-refractivity contribution in [3.63, 3.8) is 0 Å². The molecule has 0 aliphatic carbocycles. The van der Waals surface area contributed by atoms with Crippen molar-refractivity contribution >= 4 is 23.4 Å². The monoisotopic (exact) mass is 259 g/mol. The molecule has 0 saturated carbocycles. The van der Waals surface area contributed by atoms with Crippen LogP contribution in [0.15, 0.2) is 36.4 Å². The van der Waals surface area contributed by atoms with Crippen LogP contribution in [0.3, 0.4) is 0 Å². The lowest BCUT2D eigenvalue weighted by molar-refractivity contribution is 0.491. The van der Waals surface area contributed by atoms with Crippen LogP contribution in [-0.4, -0.2) is 12.4 Å². The third-order valence-corrected chi connectivity index (χ3v) is 3.68. The zero-order valence-corrected chi connectivity index (χ0v) is 12.2. The maximum absolute atomic E-state index is 4.20. The normalized spacial score (nSPS) is 12.0. The van der Waals surface area contributed by atoms with E-state index in [-0.39, 0.29) is 5.41 Å². The minimum absolute atomic E-state index is 0.127. The molecule has 0 unspecified atom stereocenters. The Balaban J connectivity index is 2.37. The van der Waals surface area contributed by atoms with Crippen LogP contribution in [0.25, 0.3) is 10.8 Å². The minimum atomic E-state index is 0.127. The largest absolute Gasteiger partial charge is 0.307 e. The molecule has 0 aromatic heterocycles. The SMILES string of the molecule is Cc1ccc2cc(C(C)(C)CNCS)ccc2c1. The smallest absolute Gasteiger partial charge is 0.0387 e. The minimum Gasteiger partial charge on any atom is -0.307 e. The average Bonchev–Trinajstić information content (AvgIpc) is 2.35. The fraction of sp³-hybridized carbons (Fsp3) is 0.375. The molecule has 2 aromatic rings. The maximum Gasteiger partial charge on any atom is 0.0387 e. The van der Waals surface area contributed by atoms with E-state index in [4.69, 9.17) is 0 Å². The summed E-state index contributed by atoms with van der Waals surface area (Å²) in [5.41, 5.74) is 2.81. The van der Waals surface area contributed by atoms with Crippen LogP contribution in [0.1, 0.15) is 25.0 Å². The van der Waals surface area contributed by atoms with Gasteiger partial charge in [-0.15, -0.1) is 0 Å². The Morgan fingerprint density at radius 3 is 2.44 bits per heavy atom. The lowest BCUT2D eigenvalue weighted by atomic mass is 9.83.